The number of carbonyl (C=O) groups excluding carboxylic acids is 1. The zero-order chi connectivity index (χ0) is 20.2. The zero-order valence-corrected chi connectivity index (χ0v) is 16.8. The second-order valence-electron chi connectivity index (χ2n) is 7.88. The van der Waals surface area contributed by atoms with Crippen LogP contribution in [-0.2, 0) is 16.1 Å². The lowest BCUT2D eigenvalue weighted by Gasteiger charge is -2.31. The van der Waals surface area contributed by atoms with Crippen LogP contribution in [0.4, 0.5) is 0 Å². The third kappa shape index (κ3) is 4.69. The molecule has 0 aliphatic carbocycles. The van der Waals surface area contributed by atoms with Crippen molar-refractivity contribution in [3.63, 3.8) is 0 Å². The Bertz CT molecular complexity index is 885. The quantitative estimate of drug-likeness (QED) is 0.843. The Kier molecular flexibility index (Phi) is 5.97. The van der Waals surface area contributed by atoms with E-state index >= 15 is 0 Å². The highest BCUT2D eigenvalue weighted by atomic mass is 16.5. The molecule has 2 aliphatic rings. The Hall–Kier alpha value is -2.63. The summed E-state index contributed by atoms with van der Waals surface area (Å²) >= 11 is 0. The number of primary amides is 1. The van der Waals surface area contributed by atoms with Gasteiger partial charge in [0.1, 0.15) is 11.9 Å². The number of hydrogen-bond donors (Lipinski definition) is 1. The van der Waals surface area contributed by atoms with E-state index < -0.39 is 5.91 Å². The Labute approximate surface area is 172 Å². The molecule has 0 saturated carbocycles. The van der Waals surface area contributed by atoms with Crippen LogP contribution in [0.1, 0.15) is 42.1 Å². The van der Waals surface area contributed by atoms with E-state index in [2.05, 4.69) is 36.2 Å². The maximum absolute atomic E-state index is 11.9. The molecule has 2 N–H and O–H groups in total. The highest BCUT2D eigenvalue weighted by molar-refractivity contribution is 5.97. The lowest BCUT2D eigenvalue weighted by molar-refractivity contribution is -0.114. The Balaban J connectivity index is 1.49. The molecule has 1 atom stereocenters. The molecule has 2 aromatic rings. The third-order valence-electron chi connectivity index (χ3n) is 5.84. The molecule has 152 valence electrons. The molecular weight excluding hydrogens is 364 g/mol. The summed E-state index contributed by atoms with van der Waals surface area (Å²) in [4.78, 5) is 14.3. The number of rotatable bonds is 5. The number of ether oxygens (including phenoxy) is 2. The Morgan fingerprint density at radius 2 is 1.83 bits per heavy atom. The molecule has 0 bridgehead atoms. The van der Waals surface area contributed by atoms with Gasteiger partial charge in [0.25, 0.3) is 0 Å². The lowest BCUT2D eigenvalue weighted by Crippen LogP contribution is -2.36. The van der Waals surface area contributed by atoms with E-state index in [9.17, 15) is 4.79 Å². The zero-order valence-electron chi connectivity index (χ0n) is 16.8. The van der Waals surface area contributed by atoms with Gasteiger partial charge in [-0.1, -0.05) is 42.5 Å². The van der Waals surface area contributed by atoms with Crippen molar-refractivity contribution in [2.24, 2.45) is 5.73 Å². The number of hydrogen-bond acceptors (Lipinski definition) is 4. The topological polar surface area (TPSA) is 64.8 Å². The monoisotopic (exact) mass is 392 g/mol. The van der Waals surface area contributed by atoms with E-state index in [1.165, 1.54) is 5.56 Å². The molecular formula is C24H28N2O3. The second-order valence-corrected chi connectivity index (χ2v) is 7.88. The summed E-state index contributed by atoms with van der Waals surface area (Å²) in [5, 5.41) is 0. The van der Waals surface area contributed by atoms with E-state index in [1.807, 2.05) is 30.3 Å². The fourth-order valence-corrected chi connectivity index (χ4v) is 4.09. The van der Waals surface area contributed by atoms with Gasteiger partial charge in [-0.3, -0.25) is 9.69 Å². The van der Waals surface area contributed by atoms with E-state index in [0.717, 1.165) is 49.5 Å². The number of nitrogens with two attached hydrogens (primary N) is 1. The molecule has 1 amide bonds. The van der Waals surface area contributed by atoms with Crippen LogP contribution >= 0.6 is 0 Å². The molecule has 5 nitrogen and oxygen atoms in total. The van der Waals surface area contributed by atoms with Gasteiger partial charge < -0.3 is 15.2 Å². The van der Waals surface area contributed by atoms with Crippen LogP contribution < -0.4 is 10.5 Å². The van der Waals surface area contributed by atoms with Gasteiger partial charge in [0, 0.05) is 43.4 Å². The highest BCUT2D eigenvalue weighted by Gasteiger charge is 2.23. The van der Waals surface area contributed by atoms with Gasteiger partial charge in [-0.15, -0.1) is 0 Å². The smallest absolute Gasteiger partial charge is 0.244 e. The maximum Gasteiger partial charge on any atom is 0.244 e. The van der Waals surface area contributed by atoms with Crippen molar-refractivity contribution in [2.75, 3.05) is 20.3 Å². The molecule has 2 heterocycles. The summed E-state index contributed by atoms with van der Waals surface area (Å²) in [6, 6.07) is 16.8. The van der Waals surface area contributed by atoms with Crippen molar-refractivity contribution >= 4 is 12.0 Å². The summed E-state index contributed by atoms with van der Waals surface area (Å²) < 4.78 is 11.7. The van der Waals surface area contributed by atoms with Crippen molar-refractivity contribution in [3.05, 3.63) is 70.8 Å². The van der Waals surface area contributed by atoms with Gasteiger partial charge in [-0.25, -0.2) is 0 Å². The van der Waals surface area contributed by atoms with E-state index in [0.29, 0.717) is 18.0 Å². The normalized spacial score (nSPS) is 19.8. The van der Waals surface area contributed by atoms with Gasteiger partial charge in [0.05, 0.1) is 0 Å². The van der Waals surface area contributed by atoms with Gasteiger partial charge in [0.2, 0.25) is 5.91 Å². The largest absolute Gasteiger partial charge is 0.485 e. The summed E-state index contributed by atoms with van der Waals surface area (Å²) in [5.74, 6) is 0.377. The lowest BCUT2D eigenvalue weighted by atomic mass is 9.99. The minimum atomic E-state index is -0.398. The molecule has 5 heteroatoms. The van der Waals surface area contributed by atoms with Crippen molar-refractivity contribution in [2.45, 2.75) is 38.0 Å². The maximum atomic E-state index is 11.9. The summed E-state index contributed by atoms with van der Waals surface area (Å²) in [6.45, 7) is 2.61. The van der Waals surface area contributed by atoms with Crippen molar-refractivity contribution in [1.82, 2.24) is 4.90 Å². The van der Waals surface area contributed by atoms with Crippen molar-refractivity contribution in [3.8, 4) is 5.75 Å². The average molecular weight is 392 g/mol. The summed E-state index contributed by atoms with van der Waals surface area (Å²) in [5.41, 5.74) is 9.39. The van der Waals surface area contributed by atoms with Crippen LogP contribution in [0.25, 0.3) is 6.08 Å². The van der Waals surface area contributed by atoms with Crippen LogP contribution in [0.2, 0.25) is 0 Å². The second kappa shape index (κ2) is 8.80. The molecule has 1 unspecified atom stereocenters. The SMILES string of the molecule is CN(Cc1ccc(C2CC(C(N)=O)=Cc3ccccc3O2)cc1)C1CCOCC1. The molecule has 2 aromatic carbocycles. The Morgan fingerprint density at radius 3 is 2.55 bits per heavy atom. The summed E-state index contributed by atoms with van der Waals surface area (Å²) in [7, 11) is 2.18. The predicted molar refractivity (Wildman–Crippen MR) is 113 cm³/mol. The molecule has 4 rings (SSSR count). The molecule has 2 aliphatic heterocycles. The fourth-order valence-electron chi connectivity index (χ4n) is 4.09. The molecule has 0 radical (unpaired) electrons. The van der Waals surface area contributed by atoms with E-state index in [-0.39, 0.29) is 6.10 Å². The average Bonchev–Trinajstić information content (AvgIpc) is 2.95. The number of carbonyl (C=O) groups is 1. The minimum absolute atomic E-state index is 0.236. The van der Waals surface area contributed by atoms with Gasteiger partial charge in [-0.2, -0.15) is 0 Å². The van der Waals surface area contributed by atoms with Crippen molar-refractivity contribution in [1.29, 1.82) is 0 Å². The predicted octanol–water partition coefficient (Wildman–Crippen LogP) is 3.69. The highest BCUT2D eigenvalue weighted by Crippen LogP contribution is 2.35. The van der Waals surface area contributed by atoms with Crippen LogP contribution in [0.15, 0.2) is 54.1 Å². The fraction of sp³-hybridized carbons (Fsp3) is 0.375. The van der Waals surface area contributed by atoms with Crippen LogP contribution in [0, 0.1) is 0 Å². The third-order valence-corrected chi connectivity index (χ3v) is 5.84. The first-order valence-corrected chi connectivity index (χ1v) is 10.2. The number of nitrogens with zero attached hydrogens (tertiary/aromatic N) is 1. The first kappa shape index (κ1) is 19.7. The number of para-hydroxylation sites is 1. The molecule has 1 saturated heterocycles. The molecule has 29 heavy (non-hydrogen) atoms. The number of fused-ring (bicyclic) bond motifs is 1. The van der Waals surface area contributed by atoms with Gasteiger partial charge in [0.15, 0.2) is 0 Å². The molecule has 1 fully saturated rings. The number of benzene rings is 2. The number of amides is 1. The van der Waals surface area contributed by atoms with Gasteiger partial charge in [-0.05, 0) is 43.2 Å². The molecule has 0 aromatic heterocycles. The standard InChI is InChI=1S/C24H28N2O3/c1-26(21-10-12-28-13-11-21)16-17-6-8-18(9-7-17)23-15-20(24(25)27)14-19-4-2-3-5-22(19)29-23/h2-9,14,21,23H,10-13,15-16H2,1H3,(H2,25,27). The van der Waals surface area contributed by atoms with E-state index in [4.69, 9.17) is 15.2 Å². The minimum Gasteiger partial charge on any atom is -0.485 e. The van der Waals surface area contributed by atoms with E-state index in [1.54, 1.807) is 0 Å². The summed E-state index contributed by atoms with van der Waals surface area (Å²) in [6.07, 6.45) is 4.25. The van der Waals surface area contributed by atoms with Crippen LogP contribution in [0.3, 0.4) is 0 Å². The van der Waals surface area contributed by atoms with Crippen LogP contribution in [-0.4, -0.2) is 37.1 Å². The Morgan fingerprint density at radius 1 is 1.10 bits per heavy atom. The van der Waals surface area contributed by atoms with Gasteiger partial charge >= 0.3 is 0 Å². The molecule has 0 spiro atoms. The first-order chi connectivity index (χ1) is 14.1. The van der Waals surface area contributed by atoms with Crippen LogP contribution in [0.5, 0.6) is 5.75 Å². The first-order valence-electron chi connectivity index (χ1n) is 10.2. The van der Waals surface area contributed by atoms with Crippen molar-refractivity contribution < 1.29 is 14.3 Å².